The van der Waals surface area contributed by atoms with Gasteiger partial charge in [-0.25, -0.2) is 0 Å². The van der Waals surface area contributed by atoms with Gasteiger partial charge in [0.05, 0.1) is 21.5 Å². The van der Waals surface area contributed by atoms with Crippen molar-refractivity contribution in [1.29, 1.82) is 0 Å². The minimum absolute atomic E-state index is 0.875. The summed E-state index contributed by atoms with van der Waals surface area (Å²) in [4.78, 5) is 2.44. The maximum absolute atomic E-state index is 6.79. The smallest absolute Gasteiger partial charge is 0.145 e. The highest BCUT2D eigenvalue weighted by molar-refractivity contribution is 7.26. The predicted molar refractivity (Wildman–Crippen MR) is 243 cm³/mol. The van der Waals surface area contributed by atoms with E-state index in [9.17, 15) is 0 Å². The van der Waals surface area contributed by atoms with E-state index in [1.807, 2.05) is 11.3 Å². The third-order valence-electron chi connectivity index (χ3n) is 11.1. The van der Waals surface area contributed by atoms with Crippen LogP contribution in [0.1, 0.15) is 0 Å². The molecule has 0 unspecified atom stereocenters. The quantitative estimate of drug-likeness (QED) is 0.162. The van der Waals surface area contributed by atoms with Crippen molar-refractivity contribution in [2.75, 3.05) is 4.90 Å². The van der Waals surface area contributed by atoms with Crippen LogP contribution < -0.4 is 4.90 Å². The molecule has 268 valence electrons. The Kier molecular flexibility index (Phi) is 8.04. The number of thiophene rings is 1. The Morgan fingerprint density at radius 2 is 0.912 bits per heavy atom. The van der Waals surface area contributed by atoms with Crippen molar-refractivity contribution in [3.05, 3.63) is 212 Å². The van der Waals surface area contributed by atoms with Gasteiger partial charge < -0.3 is 9.32 Å². The Morgan fingerprint density at radius 3 is 1.60 bits per heavy atom. The fourth-order valence-corrected chi connectivity index (χ4v) is 9.55. The topological polar surface area (TPSA) is 16.4 Å². The van der Waals surface area contributed by atoms with Gasteiger partial charge in [-0.15, -0.1) is 11.3 Å². The van der Waals surface area contributed by atoms with Crippen molar-refractivity contribution in [2.24, 2.45) is 0 Å². The number of fused-ring (bicyclic) bond motifs is 6. The van der Waals surface area contributed by atoms with Gasteiger partial charge in [0.25, 0.3) is 0 Å². The van der Waals surface area contributed by atoms with Gasteiger partial charge in [-0.1, -0.05) is 170 Å². The summed E-state index contributed by atoms with van der Waals surface area (Å²) in [5, 5.41) is 4.71. The van der Waals surface area contributed by atoms with Crippen LogP contribution in [0, 0.1) is 0 Å². The molecular formula is C54H35NOS. The molecule has 0 spiro atoms. The first-order chi connectivity index (χ1) is 28.3. The molecule has 0 saturated carbocycles. The van der Waals surface area contributed by atoms with E-state index in [2.05, 4.69) is 217 Å². The van der Waals surface area contributed by atoms with Crippen molar-refractivity contribution >= 4 is 70.5 Å². The minimum Gasteiger partial charge on any atom is -0.455 e. The molecule has 11 rings (SSSR count). The van der Waals surface area contributed by atoms with Gasteiger partial charge in [0.15, 0.2) is 0 Å². The number of anilines is 3. The maximum atomic E-state index is 6.79. The Labute approximate surface area is 335 Å². The average Bonchev–Trinajstić information content (AvgIpc) is 3.87. The molecule has 11 aromatic rings. The largest absolute Gasteiger partial charge is 0.455 e. The Morgan fingerprint density at radius 1 is 0.368 bits per heavy atom. The normalized spacial score (nSPS) is 11.5. The van der Waals surface area contributed by atoms with Crippen LogP contribution in [-0.2, 0) is 0 Å². The van der Waals surface area contributed by atoms with E-state index >= 15 is 0 Å². The van der Waals surface area contributed by atoms with Crippen molar-refractivity contribution in [3.8, 4) is 44.5 Å². The molecule has 0 aliphatic carbocycles. The number of benzene rings is 9. The van der Waals surface area contributed by atoms with E-state index in [0.29, 0.717) is 0 Å². The van der Waals surface area contributed by atoms with Crippen LogP contribution in [0.3, 0.4) is 0 Å². The molecule has 57 heavy (non-hydrogen) atoms. The van der Waals surface area contributed by atoms with Gasteiger partial charge in [0, 0.05) is 32.1 Å². The highest BCUT2D eigenvalue weighted by Crippen LogP contribution is 2.50. The molecule has 3 heteroatoms. The number of furan rings is 1. The van der Waals surface area contributed by atoms with Gasteiger partial charge in [0.2, 0.25) is 0 Å². The summed E-state index contributed by atoms with van der Waals surface area (Å²) in [5.74, 6) is 0. The molecule has 0 amide bonds. The second-order valence-electron chi connectivity index (χ2n) is 14.5. The summed E-state index contributed by atoms with van der Waals surface area (Å²) in [6.07, 6.45) is 0. The molecule has 0 aliphatic heterocycles. The van der Waals surface area contributed by atoms with E-state index in [1.165, 1.54) is 53.6 Å². The van der Waals surface area contributed by atoms with Crippen LogP contribution >= 0.6 is 11.3 Å². The summed E-state index contributed by atoms with van der Waals surface area (Å²) in [5.41, 5.74) is 14.5. The zero-order chi connectivity index (χ0) is 37.7. The first kappa shape index (κ1) is 33.2. The van der Waals surface area contributed by atoms with Crippen LogP contribution in [0.25, 0.3) is 86.6 Å². The van der Waals surface area contributed by atoms with Crippen molar-refractivity contribution < 1.29 is 4.42 Å². The molecule has 2 heterocycles. The lowest BCUT2D eigenvalue weighted by molar-refractivity contribution is 0.670. The SMILES string of the molecule is c1ccc(-c2ccc(-c3ccc(N(c4cccc5c4sc4cc(-c6ccccc6)ccc45)c4ccc(-c5ccccc5)c5oc6ccccc6c45)cc3)cc2)cc1. The number of hydrogen-bond acceptors (Lipinski definition) is 3. The Hall–Kier alpha value is -7.20. The van der Waals surface area contributed by atoms with Gasteiger partial charge >= 0.3 is 0 Å². The lowest BCUT2D eigenvalue weighted by Gasteiger charge is -2.27. The zero-order valence-electron chi connectivity index (χ0n) is 31.0. The number of para-hydroxylation sites is 1. The highest BCUT2D eigenvalue weighted by atomic mass is 32.1. The van der Waals surface area contributed by atoms with Gasteiger partial charge in [-0.05, 0) is 81.4 Å². The fourth-order valence-electron chi connectivity index (χ4n) is 8.31. The van der Waals surface area contributed by atoms with Crippen LogP contribution in [0.2, 0.25) is 0 Å². The number of hydrogen-bond donors (Lipinski definition) is 0. The molecule has 0 saturated heterocycles. The second-order valence-corrected chi connectivity index (χ2v) is 15.5. The zero-order valence-corrected chi connectivity index (χ0v) is 31.8. The van der Waals surface area contributed by atoms with Gasteiger partial charge in [-0.3, -0.25) is 0 Å². The highest BCUT2D eigenvalue weighted by Gasteiger charge is 2.24. The number of nitrogens with zero attached hydrogens (tertiary/aromatic N) is 1. The summed E-state index contributed by atoms with van der Waals surface area (Å²) in [6.45, 7) is 0. The molecule has 0 N–H and O–H groups in total. The molecule has 0 bridgehead atoms. The lowest BCUT2D eigenvalue weighted by atomic mass is 9.98. The van der Waals surface area contributed by atoms with Crippen molar-refractivity contribution in [2.45, 2.75) is 0 Å². The van der Waals surface area contributed by atoms with Crippen LogP contribution in [0.15, 0.2) is 217 Å². The molecule has 0 radical (unpaired) electrons. The van der Waals surface area contributed by atoms with Gasteiger partial charge in [0.1, 0.15) is 11.2 Å². The van der Waals surface area contributed by atoms with Crippen LogP contribution in [0.4, 0.5) is 17.1 Å². The summed E-state index contributed by atoms with van der Waals surface area (Å²) < 4.78 is 9.30. The summed E-state index contributed by atoms with van der Waals surface area (Å²) in [7, 11) is 0. The standard InChI is InChI=1S/C54H35NOS/c1-4-13-36(14-5-1)38-23-25-39(26-24-38)40-27-30-43(31-28-40)55(48-34-33-44(41-17-8-3-9-18-41)53-52(48)47-19-10-11-22-50(47)56-53)49-21-12-20-46-45-32-29-42(35-51(45)57-54(46)49)37-15-6-2-7-16-37/h1-35H. The summed E-state index contributed by atoms with van der Waals surface area (Å²) >= 11 is 1.86. The van der Waals surface area contributed by atoms with Crippen LogP contribution in [0.5, 0.6) is 0 Å². The molecule has 2 aromatic heterocycles. The van der Waals surface area contributed by atoms with Crippen LogP contribution in [-0.4, -0.2) is 0 Å². The monoisotopic (exact) mass is 745 g/mol. The average molecular weight is 746 g/mol. The fraction of sp³-hybridized carbons (Fsp3) is 0. The third-order valence-corrected chi connectivity index (χ3v) is 12.3. The number of rotatable bonds is 7. The maximum Gasteiger partial charge on any atom is 0.145 e. The van der Waals surface area contributed by atoms with E-state index in [4.69, 9.17) is 4.42 Å². The van der Waals surface area contributed by atoms with Crippen molar-refractivity contribution in [3.63, 3.8) is 0 Å². The van der Waals surface area contributed by atoms with Crippen molar-refractivity contribution in [1.82, 2.24) is 0 Å². The molecule has 9 aromatic carbocycles. The predicted octanol–water partition coefficient (Wildman–Crippen LogP) is 16.1. The minimum atomic E-state index is 0.875. The molecule has 0 aliphatic rings. The van der Waals surface area contributed by atoms with E-state index in [-0.39, 0.29) is 0 Å². The first-order valence-electron chi connectivity index (χ1n) is 19.3. The molecule has 0 fully saturated rings. The van der Waals surface area contributed by atoms with E-state index in [0.717, 1.165) is 50.1 Å². The Balaban J connectivity index is 1.11. The Bertz CT molecular complexity index is 3200. The third kappa shape index (κ3) is 5.80. The molecule has 2 nitrogen and oxygen atoms in total. The lowest BCUT2D eigenvalue weighted by Crippen LogP contribution is -2.10. The second kappa shape index (κ2) is 13.8. The summed E-state index contributed by atoms with van der Waals surface area (Å²) in [6, 6.07) is 76.2. The van der Waals surface area contributed by atoms with E-state index < -0.39 is 0 Å². The molecular weight excluding hydrogens is 711 g/mol. The molecule has 0 atom stereocenters. The van der Waals surface area contributed by atoms with E-state index in [1.54, 1.807) is 0 Å². The first-order valence-corrected chi connectivity index (χ1v) is 20.1. The van der Waals surface area contributed by atoms with Gasteiger partial charge in [-0.2, -0.15) is 0 Å².